The van der Waals surface area contributed by atoms with Gasteiger partial charge in [-0.1, -0.05) is 18.2 Å². The van der Waals surface area contributed by atoms with E-state index in [0.29, 0.717) is 0 Å². The average molecular weight is 249 g/mol. The highest BCUT2D eigenvalue weighted by atomic mass is 19.4. The zero-order valence-electron chi connectivity index (χ0n) is 8.57. The summed E-state index contributed by atoms with van der Waals surface area (Å²) in [5, 5.41) is 10.4. The molecule has 1 aromatic carbocycles. The van der Waals surface area contributed by atoms with Crippen LogP contribution in [-0.4, -0.2) is 30.0 Å². The molecular weight excluding hydrogens is 239 g/mol. The molecule has 1 rings (SSSR count). The van der Waals surface area contributed by atoms with Gasteiger partial charge in [-0.25, -0.2) is 4.79 Å². The predicted octanol–water partition coefficient (Wildman–Crippen LogP) is 1.70. The van der Waals surface area contributed by atoms with Crippen LogP contribution in [0.4, 0.5) is 18.0 Å². The van der Waals surface area contributed by atoms with Crippen LogP contribution in [-0.2, 0) is 0 Å². The number of carbonyl (C=O) groups excluding carboxylic acids is 1. The molecular formula is C10H10F3NO3. The number of halogens is 3. The van der Waals surface area contributed by atoms with E-state index in [1.807, 2.05) is 0 Å². The largest absolute Gasteiger partial charge is 0.416 e. The Bertz CT molecular complexity index is 367. The van der Waals surface area contributed by atoms with Crippen molar-refractivity contribution in [2.24, 2.45) is 0 Å². The third kappa shape index (κ3) is 4.73. The molecule has 0 spiro atoms. The lowest BCUT2D eigenvalue weighted by molar-refractivity contribution is -0.201. The molecule has 0 aliphatic heterocycles. The van der Waals surface area contributed by atoms with E-state index in [0.717, 1.165) is 0 Å². The van der Waals surface area contributed by atoms with E-state index < -0.39 is 24.9 Å². The van der Waals surface area contributed by atoms with E-state index in [1.165, 1.54) is 12.1 Å². The van der Waals surface area contributed by atoms with Crippen molar-refractivity contribution in [1.82, 2.24) is 5.32 Å². The number of para-hydroxylation sites is 1. The Balaban J connectivity index is 2.36. The average Bonchev–Trinajstić information content (AvgIpc) is 2.26. The van der Waals surface area contributed by atoms with Gasteiger partial charge in [0, 0.05) is 0 Å². The molecule has 7 heteroatoms. The Morgan fingerprint density at radius 3 is 2.47 bits per heavy atom. The minimum atomic E-state index is -4.76. The first-order valence-electron chi connectivity index (χ1n) is 4.65. The summed E-state index contributed by atoms with van der Waals surface area (Å²) in [5.41, 5.74) is 0. The predicted molar refractivity (Wildman–Crippen MR) is 52.5 cm³/mol. The minimum Gasteiger partial charge on any atom is -0.410 e. The van der Waals surface area contributed by atoms with E-state index in [-0.39, 0.29) is 5.75 Å². The van der Waals surface area contributed by atoms with Gasteiger partial charge in [0.15, 0.2) is 6.10 Å². The van der Waals surface area contributed by atoms with Crippen molar-refractivity contribution < 1.29 is 27.8 Å². The van der Waals surface area contributed by atoms with Crippen LogP contribution in [0.1, 0.15) is 0 Å². The van der Waals surface area contributed by atoms with E-state index in [4.69, 9.17) is 5.11 Å². The fourth-order valence-electron chi connectivity index (χ4n) is 0.927. The quantitative estimate of drug-likeness (QED) is 0.857. The van der Waals surface area contributed by atoms with Crippen LogP contribution < -0.4 is 10.1 Å². The monoisotopic (exact) mass is 249 g/mol. The zero-order chi connectivity index (χ0) is 12.9. The molecule has 0 aliphatic rings. The summed E-state index contributed by atoms with van der Waals surface area (Å²) in [6.07, 6.45) is -8.43. The molecule has 1 aromatic rings. The first-order chi connectivity index (χ1) is 7.89. The lowest BCUT2D eigenvalue weighted by atomic mass is 10.3. The van der Waals surface area contributed by atoms with E-state index >= 15 is 0 Å². The number of ether oxygens (including phenoxy) is 1. The van der Waals surface area contributed by atoms with Crippen molar-refractivity contribution in [3.8, 4) is 5.75 Å². The van der Waals surface area contributed by atoms with E-state index in [2.05, 4.69) is 4.74 Å². The summed E-state index contributed by atoms with van der Waals surface area (Å²) in [4.78, 5) is 11.0. The van der Waals surface area contributed by atoms with Gasteiger partial charge in [-0.3, -0.25) is 0 Å². The Morgan fingerprint density at radius 1 is 1.35 bits per heavy atom. The molecule has 0 aromatic heterocycles. The number of aliphatic hydroxyl groups is 1. The first-order valence-corrected chi connectivity index (χ1v) is 4.65. The maximum absolute atomic E-state index is 11.9. The van der Waals surface area contributed by atoms with Gasteiger partial charge < -0.3 is 15.2 Å². The molecule has 1 amide bonds. The van der Waals surface area contributed by atoms with Crippen molar-refractivity contribution in [3.63, 3.8) is 0 Å². The van der Waals surface area contributed by atoms with Crippen molar-refractivity contribution in [2.75, 3.05) is 6.54 Å². The number of alkyl halides is 3. The molecule has 0 radical (unpaired) electrons. The summed E-state index contributed by atoms with van der Waals surface area (Å²) in [5.74, 6) is 0.200. The number of carbonyl (C=O) groups is 1. The smallest absolute Gasteiger partial charge is 0.410 e. The molecule has 0 bridgehead atoms. The third-order valence-corrected chi connectivity index (χ3v) is 1.77. The summed E-state index contributed by atoms with van der Waals surface area (Å²) in [6, 6.07) is 7.85. The SMILES string of the molecule is O=C(NCC(O)C(F)(F)F)Oc1ccccc1. The number of hydrogen-bond acceptors (Lipinski definition) is 3. The van der Waals surface area contributed by atoms with E-state index in [1.54, 1.807) is 23.5 Å². The fourth-order valence-corrected chi connectivity index (χ4v) is 0.927. The molecule has 0 aliphatic carbocycles. The zero-order valence-corrected chi connectivity index (χ0v) is 8.57. The van der Waals surface area contributed by atoms with Gasteiger partial charge in [-0.2, -0.15) is 13.2 Å². The molecule has 1 unspecified atom stereocenters. The number of aliphatic hydroxyl groups excluding tert-OH is 1. The van der Waals surface area contributed by atoms with Crippen molar-refractivity contribution in [3.05, 3.63) is 30.3 Å². The summed E-state index contributed by atoms with van der Waals surface area (Å²) in [6.45, 7) is -0.949. The number of nitrogens with one attached hydrogen (secondary N) is 1. The van der Waals surface area contributed by atoms with Gasteiger partial charge >= 0.3 is 12.3 Å². The molecule has 17 heavy (non-hydrogen) atoms. The van der Waals surface area contributed by atoms with Crippen molar-refractivity contribution in [1.29, 1.82) is 0 Å². The van der Waals surface area contributed by atoms with Gasteiger partial charge in [0.2, 0.25) is 0 Å². The van der Waals surface area contributed by atoms with Crippen LogP contribution in [0, 0.1) is 0 Å². The third-order valence-electron chi connectivity index (χ3n) is 1.77. The fraction of sp³-hybridized carbons (Fsp3) is 0.300. The second-order valence-electron chi connectivity index (χ2n) is 3.14. The lowest BCUT2D eigenvalue weighted by Crippen LogP contribution is -2.41. The summed E-state index contributed by atoms with van der Waals surface area (Å²) < 4.78 is 40.3. The van der Waals surface area contributed by atoms with Crippen LogP contribution >= 0.6 is 0 Å². The van der Waals surface area contributed by atoms with Crippen molar-refractivity contribution >= 4 is 6.09 Å². The molecule has 0 fully saturated rings. The number of hydrogen-bond donors (Lipinski definition) is 2. The Kier molecular flexibility index (Phi) is 4.33. The molecule has 0 heterocycles. The van der Waals surface area contributed by atoms with Gasteiger partial charge in [0.25, 0.3) is 0 Å². The van der Waals surface area contributed by atoms with Gasteiger partial charge in [-0.15, -0.1) is 0 Å². The van der Waals surface area contributed by atoms with Crippen LogP contribution in [0.15, 0.2) is 30.3 Å². The highest BCUT2D eigenvalue weighted by Crippen LogP contribution is 2.19. The summed E-state index contributed by atoms with van der Waals surface area (Å²) in [7, 11) is 0. The van der Waals surface area contributed by atoms with Gasteiger partial charge in [0.05, 0.1) is 6.54 Å². The van der Waals surface area contributed by atoms with Crippen LogP contribution in [0.3, 0.4) is 0 Å². The van der Waals surface area contributed by atoms with E-state index in [9.17, 15) is 18.0 Å². The Hall–Kier alpha value is -1.76. The van der Waals surface area contributed by atoms with Crippen LogP contribution in [0.5, 0.6) is 5.75 Å². The second-order valence-corrected chi connectivity index (χ2v) is 3.14. The maximum atomic E-state index is 11.9. The minimum absolute atomic E-state index is 0.200. The number of benzene rings is 1. The first kappa shape index (κ1) is 13.3. The second kappa shape index (κ2) is 5.53. The van der Waals surface area contributed by atoms with Crippen molar-refractivity contribution in [2.45, 2.75) is 12.3 Å². The van der Waals surface area contributed by atoms with Gasteiger partial charge in [-0.05, 0) is 12.1 Å². The normalized spacial score (nSPS) is 12.9. The number of rotatable bonds is 3. The lowest BCUT2D eigenvalue weighted by Gasteiger charge is -2.14. The highest BCUT2D eigenvalue weighted by molar-refractivity contribution is 5.70. The molecule has 0 saturated carbocycles. The molecule has 1 atom stereocenters. The van der Waals surface area contributed by atoms with Crippen LogP contribution in [0.25, 0.3) is 0 Å². The maximum Gasteiger partial charge on any atom is 0.416 e. The summed E-state index contributed by atoms with van der Waals surface area (Å²) >= 11 is 0. The molecule has 94 valence electrons. The highest BCUT2D eigenvalue weighted by Gasteiger charge is 2.38. The molecule has 4 nitrogen and oxygen atoms in total. The molecule has 0 saturated heterocycles. The number of amides is 1. The Labute approximate surface area is 95.0 Å². The topological polar surface area (TPSA) is 58.6 Å². The Morgan fingerprint density at radius 2 is 1.94 bits per heavy atom. The molecule has 2 N–H and O–H groups in total. The standard InChI is InChI=1S/C10H10F3NO3/c11-10(12,13)8(15)6-14-9(16)17-7-4-2-1-3-5-7/h1-5,8,15H,6H2,(H,14,16). The van der Waals surface area contributed by atoms with Gasteiger partial charge in [0.1, 0.15) is 5.75 Å². The van der Waals surface area contributed by atoms with Crippen LogP contribution in [0.2, 0.25) is 0 Å².